The fraction of sp³-hybridized carbons (Fsp3) is 0.562. The molecule has 0 fully saturated rings. The molecule has 0 aliphatic heterocycles. The molecule has 2 unspecified atom stereocenters. The van der Waals surface area contributed by atoms with Gasteiger partial charge in [-0.05, 0) is 49.4 Å². The average molecular weight is 292 g/mol. The number of carbonyl (C=O) groups excluding carboxylic acids is 1. The largest absolute Gasteiger partial charge is 0.484 e. The quantitative estimate of drug-likeness (QED) is 0.834. The summed E-state index contributed by atoms with van der Waals surface area (Å²) >= 11 is 0. The van der Waals surface area contributed by atoms with E-state index in [9.17, 15) is 4.79 Å². The van der Waals surface area contributed by atoms with Gasteiger partial charge in [-0.1, -0.05) is 6.07 Å². The minimum Gasteiger partial charge on any atom is -0.484 e. The van der Waals surface area contributed by atoms with Gasteiger partial charge in [-0.3, -0.25) is 4.79 Å². The van der Waals surface area contributed by atoms with E-state index in [0.717, 1.165) is 24.8 Å². The molecule has 1 aliphatic carbocycles. The third-order valence-electron chi connectivity index (χ3n) is 3.67. The zero-order valence-corrected chi connectivity index (χ0v) is 12.7. The van der Waals surface area contributed by atoms with Gasteiger partial charge in [-0.15, -0.1) is 0 Å². The van der Waals surface area contributed by atoms with E-state index in [1.807, 2.05) is 19.1 Å². The van der Waals surface area contributed by atoms with E-state index in [1.165, 1.54) is 5.56 Å². The number of methoxy groups -OCH3 is 1. The molecule has 0 saturated carbocycles. The predicted molar refractivity (Wildman–Crippen MR) is 81.3 cm³/mol. The molecular weight excluding hydrogens is 268 g/mol. The van der Waals surface area contributed by atoms with E-state index >= 15 is 0 Å². The van der Waals surface area contributed by atoms with Crippen LogP contribution in [0.4, 0.5) is 0 Å². The van der Waals surface area contributed by atoms with E-state index in [0.29, 0.717) is 12.4 Å². The van der Waals surface area contributed by atoms with Crippen molar-refractivity contribution in [3.05, 3.63) is 29.3 Å². The summed E-state index contributed by atoms with van der Waals surface area (Å²) in [5.41, 5.74) is 8.56. The molecule has 3 N–H and O–H groups in total. The van der Waals surface area contributed by atoms with Gasteiger partial charge in [-0.2, -0.15) is 0 Å². The summed E-state index contributed by atoms with van der Waals surface area (Å²) in [6.07, 6.45) is 3.21. The molecule has 5 nitrogen and oxygen atoms in total. The summed E-state index contributed by atoms with van der Waals surface area (Å²) in [5, 5.41) is 2.81. The summed E-state index contributed by atoms with van der Waals surface area (Å²) in [5.74, 6) is 0.544. The fourth-order valence-corrected chi connectivity index (χ4v) is 2.66. The Bertz CT molecular complexity index is 490. The molecule has 0 aromatic heterocycles. The van der Waals surface area contributed by atoms with Crippen molar-refractivity contribution >= 4 is 5.91 Å². The molecule has 0 bridgehead atoms. The summed E-state index contributed by atoms with van der Waals surface area (Å²) in [4.78, 5) is 11.7. The van der Waals surface area contributed by atoms with Crippen LogP contribution in [0.5, 0.6) is 5.75 Å². The lowest BCUT2D eigenvalue weighted by molar-refractivity contribution is -0.124. The van der Waals surface area contributed by atoms with E-state index in [1.54, 1.807) is 7.11 Å². The average Bonchev–Trinajstić information content (AvgIpc) is 2.46. The summed E-state index contributed by atoms with van der Waals surface area (Å²) in [7, 11) is 1.61. The summed E-state index contributed by atoms with van der Waals surface area (Å²) in [6, 6.07) is 5.97. The molecule has 1 aromatic carbocycles. The smallest absolute Gasteiger partial charge is 0.258 e. The second kappa shape index (κ2) is 7.43. The summed E-state index contributed by atoms with van der Waals surface area (Å²) < 4.78 is 10.5. The van der Waals surface area contributed by atoms with Crippen LogP contribution in [0.15, 0.2) is 18.2 Å². The molecule has 1 aliphatic rings. The lowest BCUT2D eigenvalue weighted by atomic mass is 9.88. The van der Waals surface area contributed by atoms with E-state index in [2.05, 4.69) is 11.4 Å². The van der Waals surface area contributed by atoms with Crippen molar-refractivity contribution in [3.63, 3.8) is 0 Å². The molecule has 0 heterocycles. The zero-order valence-electron chi connectivity index (χ0n) is 12.7. The Morgan fingerprint density at radius 2 is 2.33 bits per heavy atom. The number of fused-ring (bicyclic) bond motifs is 1. The van der Waals surface area contributed by atoms with Crippen LogP contribution >= 0.6 is 0 Å². The van der Waals surface area contributed by atoms with Crippen molar-refractivity contribution in [2.75, 3.05) is 20.3 Å². The Morgan fingerprint density at radius 1 is 1.52 bits per heavy atom. The lowest BCUT2D eigenvalue weighted by Gasteiger charge is -2.22. The van der Waals surface area contributed by atoms with Crippen LogP contribution in [0, 0.1) is 0 Å². The Morgan fingerprint density at radius 3 is 3.10 bits per heavy atom. The maximum atomic E-state index is 11.7. The Kier molecular flexibility index (Phi) is 5.59. The number of hydrogen-bond donors (Lipinski definition) is 2. The van der Waals surface area contributed by atoms with Crippen LogP contribution in [0.25, 0.3) is 0 Å². The van der Waals surface area contributed by atoms with E-state index in [-0.39, 0.29) is 24.6 Å². The molecule has 0 spiro atoms. The van der Waals surface area contributed by atoms with Crippen molar-refractivity contribution in [2.24, 2.45) is 5.73 Å². The first-order chi connectivity index (χ1) is 10.1. The second-order valence-electron chi connectivity index (χ2n) is 5.57. The maximum absolute atomic E-state index is 11.7. The number of nitrogens with one attached hydrogen (secondary N) is 1. The van der Waals surface area contributed by atoms with Crippen LogP contribution in [-0.4, -0.2) is 32.3 Å². The predicted octanol–water partition coefficient (Wildman–Crippen LogP) is 1.55. The van der Waals surface area contributed by atoms with Gasteiger partial charge in [0.1, 0.15) is 5.75 Å². The normalized spacial score (nSPS) is 18.7. The first kappa shape index (κ1) is 15.8. The molecule has 5 heteroatoms. The van der Waals surface area contributed by atoms with Gasteiger partial charge >= 0.3 is 0 Å². The van der Waals surface area contributed by atoms with Crippen molar-refractivity contribution in [3.8, 4) is 5.75 Å². The fourth-order valence-electron chi connectivity index (χ4n) is 2.66. The molecule has 2 atom stereocenters. The van der Waals surface area contributed by atoms with Gasteiger partial charge in [0, 0.05) is 19.2 Å². The molecule has 21 heavy (non-hydrogen) atoms. The van der Waals surface area contributed by atoms with Gasteiger partial charge in [0.05, 0.1) is 6.61 Å². The highest BCUT2D eigenvalue weighted by Gasteiger charge is 2.17. The second-order valence-corrected chi connectivity index (χ2v) is 5.57. The number of aryl methyl sites for hydroxylation is 1. The third kappa shape index (κ3) is 4.44. The highest BCUT2D eigenvalue weighted by atomic mass is 16.5. The first-order valence-corrected chi connectivity index (χ1v) is 7.39. The highest BCUT2D eigenvalue weighted by molar-refractivity contribution is 5.77. The topological polar surface area (TPSA) is 73.6 Å². The molecule has 1 amide bonds. The first-order valence-electron chi connectivity index (χ1n) is 7.39. The number of rotatable bonds is 6. The van der Waals surface area contributed by atoms with Crippen LogP contribution < -0.4 is 15.8 Å². The number of benzene rings is 1. The number of ether oxygens (including phenoxy) is 2. The summed E-state index contributed by atoms with van der Waals surface area (Å²) in [6.45, 7) is 2.38. The van der Waals surface area contributed by atoms with Gasteiger partial charge in [0.25, 0.3) is 5.91 Å². The minimum absolute atomic E-state index is 0.00206. The van der Waals surface area contributed by atoms with E-state index < -0.39 is 0 Å². The maximum Gasteiger partial charge on any atom is 0.258 e. The van der Waals surface area contributed by atoms with Gasteiger partial charge in [0.15, 0.2) is 6.61 Å². The Balaban J connectivity index is 1.89. The number of amides is 1. The number of carbonyl (C=O) groups is 1. The van der Waals surface area contributed by atoms with Crippen LogP contribution in [0.1, 0.15) is 36.9 Å². The molecule has 116 valence electrons. The molecule has 0 radical (unpaired) electrons. The van der Waals surface area contributed by atoms with Gasteiger partial charge in [-0.25, -0.2) is 0 Å². The monoisotopic (exact) mass is 292 g/mol. The molecule has 2 rings (SSSR count). The lowest BCUT2D eigenvalue weighted by Crippen LogP contribution is -2.38. The SMILES string of the molecule is COCC(C)NC(=O)COc1ccc2c(c1)C(N)CCC2. The minimum atomic E-state index is -0.151. The van der Waals surface area contributed by atoms with Crippen molar-refractivity contribution < 1.29 is 14.3 Å². The van der Waals surface area contributed by atoms with Crippen molar-refractivity contribution in [1.82, 2.24) is 5.32 Å². The Hall–Kier alpha value is -1.59. The van der Waals surface area contributed by atoms with Crippen LogP contribution in [-0.2, 0) is 16.0 Å². The van der Waals surface area contributed by atoms with Crippen LogP contribution in [0.2, 0.25) is 0 Å². The molecular formula is C16H24N2O3. The third-order valence-corrected chi connectivity index (χ3v) is 3.67. The van der Waals surface area contributed by atoms with Crippen LogP contribution in [0.3, 0.4) is 0 Å². The van der Waals surface area contributed by atoms with E-state index in [4.69, 9.17) is 15.2 Å². The van der Waals surface area contributed by atoms with Crippen molar-refractivity contribution in [1.29, 1.82) is 0 Å². The highest BCUT2D eigenvalue weighted by Crippen LogP contribution is 2.30. The standard InChI is InChI=1S/C16H24N2O3/c1-11(9-20-2)18-16(19)10-21-13-7-6-12-4-3-5-15(17)14(12)8-13/h6-8,11,15H,3-5,9-10,17H2,1-2H3,(H,18,19). The zero-order chi connectivity index (χ0) is 15.2. The molecule has 0 saturated heterocycles. The number of hydrogen-bond acceptors (Lipinski definition) is 4. The molecule has 1 aromatic rings. The van der Waals surface area contributed by atoms with Gasteiger partial charge in [0.2, 0.25) is 0 Å². The van der Waals surface area contributed by atoms with Gasteiger partial charge < -0.3 is 20.5 Å². The number of nitrogens with two attached hydrogens (primary N) is 1. The van der Waals surface area contributed by atoms with Crippen molar-refractivity contribution in [2.45, 2.75) is 38.3 Å². The Labute approximate surface area is 125 Å².